The average Bonchev–Trinajstić information content (AvgIpc) is 2.77. The molecule has 1 aliphatic rings. The maximum absolute atomic E-state index is 5.99. The highest BCUT2D eigenvalue weighted by molar-refractivity contribution is 4.88. The molecule has 0 aromatic carbocycles. The fourth-order valence-corrected chi connectivity index (χ4v) is 2.53. The van der Waals surface area contributed by atoms with E-state index in [0.717, 1.165) is 44.2 Å². The lowest BCUT2D eigenvalue weighted by atomic mass is 9.92. The second kappa shape index (κ2) is 6.29. The van der Waals surface area contributed by atoms with Gasteiger partial charge in [0.2, 0.25) is 5.89 Å². The van der Waals surface area contributed by atoms with E-state index in [1.165, 1.54) is 12.8 Å². The zero-order chi connectivity index (χ0) is 13.0. The van der Waals surface area contributed by atoms with Crippen LogP contribution in [0.15, 0.2) is 4.52 Å². The molecule has 102 valence electrons. The second-order valence-electron chi connectivity index (χ2n) is 5.35. The molecule has 1 aromatic rings. The van der Waals surface area contributed by atoms with E-state index >= 15 is 0 Å². The molecule has 2 unspecified atom stereocenters. The number of rotatable bonds is 5. The average molecular weight is 252 g/mol. The molecule has 2 N–H and O–H groups in total. The number of likely N-dealkylation sites (tertiary alicyclic amines) is 1. The van der Waals surface area contributed by atoms with E-state index in [1.807, 2.05) is 0 Å². The van der Waals surface area contributed by atoms with Crippen LogP contribution in [0.1, 0.15) is 44.8 Å². The largest absolute Gasteiger partial charge is 0.338 e. The van der Waals surface area contributed by atoms with E-state index in [4.69, 9.17) is 10.3 Å². The van der Waals surface area contributed by atoms with E-state index in [2.05, 4.69) is 28.9 Å². The van der Waals surface area contributed by atoms with Crippen molar-refractivity contribution in [2.24, 2.45) is 11.7 Å². The van der Waals surface area contributed by atoms with Crippen molar-refractivity contribution >= 4 is 0 Å². The van der Waals surface area contributed by atoms with Gasteiger partial charge in [-0.15, -0.1) is 0 Å². The molecule has 5 nitrogen and oxygen atoms in total. The molecule has 1 aliphatic heterocycles. The molecule has 2 heterocycles. The van der Waals surface area contributed by atoms with Gasteiger partial charge in [0, 0.05) is 19.0 Å². The van der Waals surface area contributed by atoms with E-state index in [9.17, 15) is 0 Å². The Kier molecular flexibility index (Phi) is 4.72. The first-order valence-corrected chi connectivity index (χ1v) is 6.98. The van der Waals surface area contributed by atoms with Crippen molar-refractivity contribution in [3.05, 3.63) is 11.7 Å². The van der Waals surface area contributed by atoms with Crippen molar-refractivity contribution in [2.45, 2.75) is 52.1 Å². The molecule has 1 aromatic heterocycles. The van der Waals surface area contributed by atoms with Gasteiger partial charge in [0.1, 0.15) is 0 Å². The first-order chi connectivity index (χ1) is 8.69. The van der Waals surface area contributed by atoms with Crippen LogP contribution in [-0.2, 0) is 13.0 Å². The lowest BCUT2D eigenvalue weighted by Gasteiger charge is -2.33. The third-order valence-electron chi connectivity index (χ3n) is 3.63. The highest BCUT2D eigenvalue weighted by Gasteiger charge is 2.23. The van der Waals surface area contributed by atoms with Gasteiger partial charge in [-0.3, -0.25) is 4.90 Å². The summed E-state index contributed by atoms with van der Waals surface area (Å²) in [5.74, 6) is 2.16. The predicted molar refractivity (Wildman–Crippen MR) is 69.9 cm³/mol. The fraction of sp³-hybridized carbons (Fsp3) is 0.846. The molecule has 1 saturated heterocycles. The number of nitrogens with two attached hydrogens (primary N) is 1. The zero-order valence-corrected chi connectivity index (χ0v) is 11.4. The summed E-state index contributed by atoms with van der Waals surface area (Å²) in [5, 5.41) is 3.99. The molecule has 0 amide bonds. The molecule has 0 radical (unpaired) electrons. The van der Waals surface area contributed by atoms with Crippen molar-refractivity contribution in [1.82, 2.24) is 15.0 Å². The molecular formula is C13H24N4O. The smallest absolute Gasteiger partial charge is 0.240 e. The van der Waals surface area contributed by atoms with Crippen LogP contribution in [0.4, 0.5) is 0 Å². The lowest BCUT2D eigenvalue weighted by molar-refractivity contribution is 0.139. The van der Waals surface area contributed by atoms with E-state index < -0.39 is 0 Å². The Labute approximate surface area is 109 Å². The third kappa shape index (κ3) is 3.53. The summed E-state index contributed by atoms with van der Waals surface area (Å²) in [5.41, 5.74) is 5.99. The summed E-state index contributed by atoms with van der Waals surface area (Å²) in [7, 11) is 0. The summed E-state index contributed by atoms with van der Waals surface area (Å²) in [4.78, 5) is 6.79. The predicted octanol–water partition coefficient (Wildman–Crippen LogP) is 1.58. The molecule has 0 bridgehead atoms. The number of aryl methyl sites for hydroxylation is 1. The Hall–Kier alpha value is -0.940. The van der Waals surface area contributed by atoms with Gasteiger partial charge in [0.25, 0.3) is 0 Å². The van der Waals surface area contributed by atoms with Gasteiger partial charge in [-0.1, -0.05) is 12.1 Å². The fourth-order valence-electron chi connectivity index (χ4n) is 2.53. The second-order valence-corrected chi connectivity index (χ2v) is 5.35. The molecule has 0 saturated carbocycles. The van der Waals surface area contributed by atoms with Crippen LogP contribution < -0.4 is 5.73 Å². The van der Waals surface area contributed by atoms with Crippen LogP contribution in [0, 0.1) is 5.92 Å². The topological polar surface area (TPSA) is 68.2 Å². The lowest BCUT2D eigenvalue weighted by Crippen LogP contribution is -2.41. The van der Waals surface area contributed by atoms with Gasteiger partial charge in [0.05, 0.1) is 6.54 Å². The minimum atomic E-state index is 0.270. The number of hydrogen-bond donors (Lipinski definition) is 1. The van der Waals surface area contributed by atoms with Crippen molar-refractivity contribution in [3.8, 4) is 0 Å². The molecule has 5 heteroatoms. The van der Waals surface area contributed by atoms with Crippen LogP contribution in [0.5, 0.6) is 0 Å². The van der Waals surface area contributed by atoms with Gasteiger partial charge in [-0.25, -0.2) is 0 Å². The molecular weight excluding hydrogens is 228 g/mol. The summed E-state index contributed by atoms with van der Waals surface area (Å²) < 4.78 is 5.28. The Morgan fingerprint density at radius 2 is 2.39 bits per heavy atom. The van der Waals surface area contributed by atoms with Gasteiger partial charge >= 0.3 is 0 Å². The van der Waals surface area contributed by atoms with Crippen molar-refractivity contribution in [1.29, 1.82) is 0 Å². The van der Waals surface area contributed by atoms with Gasteiger partial charge in [-0.05, 0) is 38.6 Å². The molecule has 2 atom stereocenters. The van der Waals surface area contributed by atoms with Crippen LogP contribution in [0.2, 0.25) is 0 Å². The van der Waals surface area contributed by atoms with E-state index in [0.29, 0.717) is 5.92 Å². The molecule has 0 spiro atoms. The van der Waals surface area contributed by atoms with Crippen LogP contribution in [0.3, 0.4) is 0 Å². The highest BCUT2D eigenvalue weighted by atomic mass is 16.5. The zero-order valence-electron chi connectivity index (χ0n) is 11.4. The van der Waals surface area contributed by atoms with Gasteiger partial charge < -0.3 is 10.3 Å². The summed E-state index contributed by atoms with van der Waals surface area (Å²) in [6, 6.07) is 0.270. The summed E-state index contributed by atoms with van der Waals surface area (Å²) >= 11 is 0. The monoisotopic (exact) mass is 252 g/mol. The van der Waals surface area contributed by atoms with E-state index in [1.54, 1.807) is 0 Å². The molecule has 1 fully saturated rings. The number of piperidine rings is 1. The maximum Gasteiger partial charge on any atom is 0.240 e. The number of hydrogen-bond acceptors (Lipinski definition) is 5. The summed E-state index contributed by atoms with van der Waals surface area (Å²) in [6.07, 6.45) is 4.39. The van der Waals surface area contributed by atoms with Gasteiger partial charge in [-0.2, -0.15) is 4.98 Å². The highest BCUT2D eigenvalue weighted by Crippen LogP contribution is 2.20. The van der Waals surface area contributed by atoms with Crippen molar-refractivity contribution < 1.29 is 4.52 Å². The maximum atomic E-state index is 5.99. The SMILES string of the molecule is CCCc1noc(CN2CCCC(C(C)N)C2)n1. The van der Waals surface area contributed by atoms with Gasteiger partial charge in [0.15, 0.2) is 5.82 Å². The van der Waals surface area contributed by atoms with Crippen LogP contribution >= 0.6 is 0 Å². The Bertz CT molecular complexity index is 364. The standard InChI is InChI=1S/C13H24N4O/c1-3-5-12-15-13(18-16-12)9-17-7-4-6-11(8-17)10(2)14/h10-11H,3-9,14H2,1-2H3. The number of nitrogens with zero attached hydrogens (tertiary/aromatic N) is 3. The minimum Gasteiger partial charge on any atom is -0.338 e. The van der Waals surface area contributed by atoms with Crippen LogP contribution in [-0.4, -0.2) is 34.2 Å². The summed E-state index contributed by atoms with van der Waals surface area (Å²) in [6.45, 7) is 7.13. The first-order valence-electron chi connectivity index (χ1n) is 6.98. The molecule has 0 aliphatic carbocycles. The van der Waals surface area contributed by atoms with E-state index in [-0.39, 0.29) is 6.04 Å². The molecule has 18 heavy (non-hydrogen) atoms. The minimum absolute atomic E-state index is 0.270. The Morgan fingerprint density at radius 3 is 3.11 bits per heavy atom. The van der Waals surface area contributed by atoms with Crippen molar-refractivity contribution in [3.63, 3.8) is 0 Å². The molecule has 2 rings (SSSR count). The number of aromatic nitrogens is 2. The Balaban J connectivity index is 1.87. The quantitative estimate of drug-likeness (QED) is 0.861. The third-order valence-corrected chi connectivity index (χ3v) is 3.63. The first kappa shape index (κ1) is 13.5. The van der Waals surface area contributed by atoms with Crippen molar-refractivity contribution in [2.75, 3.05) is 13.1 Å². The Morgan fingerprint density at radius 1 is 1.56 bits per heavy atom. The van der Waals surface area contributed by atoms with Crippen LogP contribution in [0.25, 0.3) is 0 Å². The normalized spacial score (nSPS) is 23.2.